The van der Waals surface area contributed by atoms with Gasteiger partial charge in [-0.2, -0.15) is 0 Å². The summed E-state index contributed by atoms with van der Waals surface area (Å²) in [5, 5.41) is 10.8. The molecule has 0 saturated carbocycles. The van der Waals surface area contributed by atoms with Crippen LogP contribution in [0.15, 0.2) is 16.5 Å². The number of aromatic nitrogens is 1. The third kappa shape index (κ3) is 4.19. The molecule has 5 nitrogen and oxygen atoms in total. The minimum absolute atomic E-state index is 0.234. The van der Waals surface area contributed by atoms with Crippen LogP contribution in [0.5, 0.6) is 0 Å². The molecule has 2 aromatic rings. The number of furan rings is 1. The number of fused-ring (bicyclic) bond motifs is 1. The van der Waals surface area contributed by atoms with Crippen molar-refractivity contribution >= 4 is 11.3 Å². The van der Waals surface area contributed by atoms with Gasteiger partial charge < -0.3 is 9.52 Å². The summed E-state index contributed by atoms with van der Waals surface area (Å²) in [4.78, 5) is 11.4. The first-order chi connectivity index (χ1) is 12.7. The first-order valence-electron chi connectivity index (χ1n) is 9.81. The molecule has 142 valence electrons. The van der Waals surface area contributed by atoms with Crippen LogP contribution in [0, 0.1) is 6.92 Å². The van der Waals surface area contributed by atoms with Gasteiger partial charge in [-0.05, 0) is 51.2 Å². The first-order valence-corrected chi connectivity index (χ1v) is 10.6. The highest BCUT2D eigenvalue weighted by Gasteiger charge is 2.28. The molecule has 1 unspecified atom stereocenters. The second kappa shape index (κ2) is 8.21. The predicted molar refractivity (Wildman–Crippen MR) is 103 cm³/mol. The third-order valence-electron chi connectivity index (χ3n) is 5.55. The Morgan fingerprint density at radius 2 is 2.12 bits per heavy atom. The van der Waals surface area contributed by atoms with E-state index in [4.69, 9.17) is 9.40 Å². The molecule has 0 radical (unpaired) electrons. The van der Waals surface area contributed by atoms with E-state index in [0.29, 0.717) is 6.04 Å². The van der Waals surface area contributed by atoms with Crippen molar-refractivity contribution in [3.8, 4) is 0 Å². The first kappa shape index (κ1) is 18.2. The highest BCUT2D eigenvalue weighted by Crippen LogP contribution is 2.28. The van der Waals surface area contributed by atoms with Crippen LogP contribution in [0.4, 0.5) is 0 Å². The van der Waals surface area contributed by atoms with Crippen LogP contribution in [0.2, 0.25) is 0 Å². The lowest BCUT2D eigenvalue weighted by atomic mass is 10.0. The summed E-state index contributed by atoms with van der Waals surface area (Å²) in [7, 11) is 0. The van der Waals surface area contributed by atoms with Gasteiger partial charge in [0.15, 0.2) is 0 Å². The van der Waals surface area contributed by atoms with Gasteiger partial charge in [-0.25, -0.2) is 4.98 Å². The molecule has 0 spiro atoms. The summed E-state index contributed by atoms with van der Waals surface area (Å²) in [6, 6.07) is 4.46. The highest BCUT2D eigenvalue weighted by atomic mass is 32.1. The van der Waals surface area contributed by atoms with Gasteiger partial charge in [-0.15, -0.1) is 11.3 Å². The normalized spacial score (nSPS) is 21.8. The van der Waals surface area contributed by atoms with Gasteiger partial charge in [0.25, 0.3) is 0 Å². The molecule has 26 heavy (non-hydrogen) atoms. The fourth-order valence-corrected chi connectivity index (χ4v) is 5.37. The fourth-order valence-electron chi connectivity index (χ4n) is 4.17. The molecule has 1 aliphatic carbocycles. The number of hydrogen-bond donors (Lipinski definition) is 1. The van der Waals surface area contributed by atoms with Gasteiger partial charge in [-0.3, -0.25) is 9.80 Å². The summed E-state index contributed by atoms with van der Waals surface area (Å²) >= 11 is 1.92. The van der Waals surface area contributed by atoms with Crippen LogP contribution in [-0.2, 0) is 25.9 Å². The molecule has 1 N–H and O–H groups in total. The van der Waals surface area contributed by atoms with E-state index in [2.05, 4.69) is 15.9 Å². The van der Waals surface area contributed by atoms with E-state index in [9.17, 15) is 5.11 Å². The second-order valence-corrected chi connectivity index (χ2v) is 8.74. The second-order valence-electron chi connectivity index (χ2n) is 7.57. The Hall–Kier alpha value is -1.21. The molecule has 2 aliphatic rings. The molecule has 1 saturated heterocycles. The van der Waals surface area contributed by atoms with E-state index in [-0.39, 0.29) is 6.61 Å². The van der Waals surface area contributed by atoms with Gasteiger partial charge in [0.1, 0.15) is 16.5 Å². The van der Waals surface area contributed by atoms with Crippen LogP contribution < -0.4 is 0 Å². The Bertz CT molecular complexity index is 703. The number of rotatable bonds is 6. The molecule has 1 fully saturated rings. The third-order valence-corrected chi connectivity index (χ3v) is 6.70. The number of aliphatic hydroxyl groups excluding tert-OH is 1. The largest absolute Gasteiger partial charge is 0.465 e. The molecular weight excluding hydrogens is 346 g/mol. The standard InChI is InChI=1S/C20H29N3O2S/c1-15-6-7-17(25-15)13-23-10-9-22(12-16(23)8-11-24)14-20-21-18-4-2-3-5-19(18)26-20/h6-7,16,24H,2-5,8-14H2,1H3. The van der Waals surface area contributed by atoms with Crippen molar-refractivity contribution in [3.63, 3.8) is 0 Å². The SMILES string of the molecule is Cc1ccc(CN2CCN(Cc3nc4c(s3)CCCC4)CC2CCO)o1. The van der Waals surface area contributed by atoms with Crippen LogP contribution >= 0.6 is 11.3 Å². The maximum atomic E-state index is 9.51. The molecule has 0 aromatic carbocycles. The van der Waals surface area contributed by atoms with E-state index < -0.39 is 0 Å². The van der Waals surface area contributed by atoms with Crippen molar-refractivity contribution in [1.82, 2.24) is 14.8 Å². The molecule has 2 aromatic heterocycles. The quantitative estimate of drug-likeness (QED) is 0.841. The number of thiazole rings is 1. The van der Waals surface area contributed by atoms with Gasteiger partial charge in [-0.1, -0.05) is 0 Å². The molecule has 6 heteroatoms. The van der Waals surface area contributed by atoms with Gasteiger partial charge in [0, 0.05) is 37.2 Å². The van der Waals surface area contributed by atoms with Crippen molar-refractivity contribution < 1.29 is 9.52 Å². The van der Waals surface area contributed by atoms with Crippen LogP contribution in [0.25, 0.3) is 0 Å². The van der Waals surface area contributed by atoms with E-state index >= 15 is 0 Å². The predicted octanol–water partition coefficient (Wildman–Crippen LogP) is 2.99. The maximum absolute atomic E-state index is 9.51. The molecule has 1 aliphatic heterocycles. The Kier molecular flexibility index (Phi) is 5.74. The number of nitrogens with zero attached hydrogens (tertiary/aromatic N) is 3. The molecule has 3 heterocycles. The van der Waals surface area contributed by atoms with Crippen molar-refractivity contribution in [3.05, 3.63) is 39.2 Å². The van der Waals surface area contributed by atoms with Crippen LogP contribution in [0.3, 0.4) is 0 Å². The molecule has 0 bridgehead atoms. The number of aliphatic hydroxyl groups is 1. The van der Waals surface area contributed by atoms with E-state index in [1.807, 2.05) is 24.3 Å². The van der Waals surface area contributed by atoms with E-state index in [1.54, 1.807) is 0 Å². The summed E-state index contributed by atoms with van der Waals surface area (Å²) in [6.07, 6.45) is 5.80. The minimum atomic E-state index is 0.234. The molecule has 4 rings (SSSR count). The average Bonchev–Trinajstić information content (AvgIpc) is 3.22. The Morgan fingerprint density at radius 1 is 1.23 bits per heavy atom. The topological polar surface area (TPSA) is 52.7 Å². The lowest BCUT2D eigenvalue weighted by Gasteiger charge is -2.40. The summed E-state index contributed by atoms with van der Waals surface area (Å²) < 4.78 is 5.76. The van der Waals surface area contributed by atoms with E-state index in [1.165, 1.54) is 34.8 Å². The Labute approximate surface area is 159 Å². The van der Waals surface area contributed by atoms with Gasteiger partial charge >= 0.3 is 0 Å². The zero-order valence-electron chi connectivity index (χ0n) is 15.6. The van der Waals surface area contributed by atoms with E-state index in [0.717, 1.165) is 57.1 Å². The fraction of sp³-hybridized carbons (Fsp3) is 0.650. The summed E-state index contributed by atoms with van der Waals surface area (Å²) in [5.74, 6) is 1.98. The Balaban J connectivity index is 1.38. The molecule has 1 atom stereocenters. The number of aryl methyl sites for hydroxylation is 3. The van der Waals surface area contributed by atoms with Crippen molar-refractivity contribution in [2.24, 2.45) is 0 Å². The highest BCUT2D eigenvalue weighted by molar-refractivity contribution is 7.11. The van der Waals surface area contributed by atoms with Gasteiger partial charge in [0.2, 0.25) is 0 Å². The van der Waals surface area contributed by atoms with Crippen molar-refractivity contribution in [2.45, 2.75) is 58.2 Å². The number of hydrogen-bond acceptors (Lipinski definition) is 6. The number of piperazine rings is 1. The van der Waals surface area contributed by atoms with Gasteiger partial charge in [0.05, 0.1) is 18.8 Å². The van der Waals surface area contributed by atoms with Crippen molar-refractivity contribution in [2.75, 3.05) is 26.2 Å². The smallest absolute Gasteiger partial charge is 0.118 e. The lowest BCUT2D eigenvalue weighted by Crippen LogP contribution is -2.52. The summed E-state index contributed by atoms with van der Waals surface area (Å²) in [6.45, 7) is 7.05. The van der Waals surface area contributed by atoms with Crippen molar-refractivity contribution in [1.29, 1.82) is 0 Å². The monoisotopic (exact) mass is 375 g/mol. The maximum Gasteiger partial charge on any atom is 0.118 e. The molecular formula is C20H29N3O2S. The zero-order valence-corrected chi connectivity index (χ0v) is 16.4. The van der Waals surface area contributed by atoms with Crippen LogP contribution in [-0.4, -0.2) is 52.2 Å². The Morgan fingerprint density at radius 3 is 2.88 bits per heavy atom. The zero-order chi connectivity index (χ0) is 17.9. The lowest BCUT2D eigenvalue weighted by molar-refractivity contribution is 0.0454. The summed E-state index contributed by atoms with van der Waals surface area (Å²) in [5.41, 5.74) is 1.36. The van der Waals surface area contributed by atoms with Crippen LogP contribution in [0.1, 0.15) is 46.4 Å². The minimum Gasteiger partial charge on any atom is -0.465 e. The molecule has 0 amide bonds. The average molecular weight is 376 g/mol.